The Morgan fingerprint density at radius 2 is 1.84 bits per heavy atom. The van der Waals surface area contributed by atoms with Crippen LogP contribution in [0.1, 0.15) is 27.2 Å². The lowest BCUT2D eigenvalue weighted by molar-refractivity contribution is 0.0989. The number of ether oxygens (including phenoxy) is 3. The van der Waals surface area contributed by atoms with E-state index in [0.29, 0.717) is 51.0 Å². The molecule has 0 fully saturated rings. The Bertz CT molecular complexity index is 2110. The molecular weight excluding hydrogens is 597 g/mol. The summed E-state index contributed by atoms with van der Waals surface area (Å²) >= 11 is 2.83. The summed E-state index contributed by atoms with van der Waals surface area (Å²) in [4.78, 5) is 23.0. The van der Waals surface area contributed by atoms with Crippen molar-refractivity contribution in [1.29, 1.82) is 0 Å². The number of nitrogens with zero attached hydrogens (tertiary/aromatic N) is 4. The predicted molar refractivity (Wildman–Crippen MR) is 170 cm³/mol. The third kappa shape index (κ3) is 5.54. The molecule has 4 heterocycles. The van der Waals surface area contributed by atoms with Crippen molar-refractivity contribution in [3.63, 3.8) is 0 Å². The number of aryl methyl sites for hydroxylation is 1. The van der Waals surface area contributed by atoms with Gasteiger partial charge in [-0.1, -0.05) is 48.0 Å². The lowest BCUT2D eigenvalue weighted by atomic mass is 10.0. The summed E-state index contributed by atoms with van der Waals surface area (Å²) in [6, 6.07) is 21.5. The molecule has 0 amide bonds. The third-order valence-corrected chi connectivity index (χ3v) is 8.84. The van der Waals surface area contributed by atoms with Crippen molar-refractivity contribution in [1.82, 2.24) is 19.6 Å². The molecule has 3 aromatic carbocycles. The number of fused-ring (bicyclic) bond motifs is 2. The fourth-order valence-electron chi connectivity index (χ4n) is 4.91. The second-order valence-electron chi connectivity index (χ2n) is 10.2. The Hall–Kier alpha value is -5.00. The van der Waals surface area contributed by atoms with Crippen LogP contribution in [0.15, 0.2) is 82.7 Å². The number of thiazole rings is 1. The second kappa shape index (κ2) is 11.6. The van der Waals surface area contributed by atoms with Gasteiger partial charge in [-0.25, -0.2) is 14.5 Å². The molecule has 0 aliphatic heterocycles. The van der Waals surface area contributed by atoms with Gasteiger partial charge in [0.2, 0.25) is 4.96 Å². The first-order valence-corrected chi connectivity index (χ1v) is 15.4. The van der Waals surface area contributed by atoms with Crippen molar-refractivity contribution in [3.8, 4) is 38.7 Å². The van der Waals surface area contributed by atoms with Crippen LogP contribution in [0.3, 0.4) is 0 Å². The van der Waals surface area contributed by atoms with E-state index in [-0.39, 0.29) is 12.2 Å². The smallest absolute Gasteiger partial charge is 0.294 e. The van der Waals surface area contributed by atoms with Crippen LogP contribution >= 0.6 is 22.7 Å². The number of furan rings is 1. The number of hydrogen-bond acceptors (Lipinski definition) is 10. The van der Waals surface area contributed by atoms with Crippen LogP contribution in [0, 0.1) is 6.92 Å². The zero-order chi connectivity index (χ0) is 30.2. The molecule has 220 valence electrons. The largest absolute Gasteiger partial charge is 0.496 e. The fourth-order valence-corrected chi connectivity index (χ4v) is 6.43. The Labute approximate surface area is 260 Å². The van der Waals surface area contributed by atoms with Gasteiger partial charge in [0.25, 0.3) is 5.19 Å². The number of aromatic nitrogens is 4. The van der Waals surface area contributed by atoms with Gasteiger partial charge in [-0.3, -0.25) is 4.79 Å². The van der Waals surface area contributed by atoms with E-state index < -0.39 is 0 Å². The van der Waals surface area contributed by atoms with Gasteiger partial charge in [-0.2, -0.15) is 0 Å². The van der Waals surface area contributed by atoms with Crippen molar-refractivity contribution in [2.45, 2.75) is 20.0 Å². The standard InChI is InChI=1S/C33H26N4O5S2/c1-19-6-4-9-22(10-19)31-34-26(18-43-31)27(38)12-20-7-5-8-21(11-20)17-41-28-13-23(39-2)14-29-24(28)15-30(42-29)25-16-37-32(35-25)44-33(36-37)40-3/h4-11,13-16,18H,12,17H2,1-3H3. The quantitative estimate of drug-likeness (QED) is 0.143. The number of methoxy groups -OCH3 is 2. The minimum atomic E-state index is -0.0218. The summed E-state index contributed by atoms with van der Waals surface area (Å²) in [6.07, 6.45) is 2.05. The van der Waals surface area contributed by atoms with Crippen molar-refractivity contribution < 1.29 is 23.4 Å². The van der Waals surface area contributed by atoms with Gasteiger partial charge in [0.15, 0.2) is 11.5 Å². The lowest BCUT2D eigenvalue weighted by Crippen LogP contribution is -2.05. The molecular formula is C33H26N4O5S2. The zero-order valence-corrected chi connectivity index (χ0v) is 25.7. The fraction of sp³-hybridized carbons (Fsp3) is 0.152. The first-order chi connectivity index (χ1) is 21.4. The molecule has 11 heteroatoms. The second-order valence-corrected chi connectivity index (χ2v) is 12.0. The molecule has 44 heavy (non-hydrogen) atoms. The van der Waals surface area contributed by atoms with Gasteiger partial charge in [-0.15, -0.1) is 16.4 Å². The van der Waals surface area contributed by atoms with E-state index in [1.807, 2.05) is 73.0 Å². The molecule has 0 saturated heterocycles. The van der Waals surface area contributed by atoms with E-state index in [4.69, 9.17) is 18.6 Å². The molecule has 0 saturated carbocycles. The third-order valence-electron chi connectivity index (χ3n) is 7.07. The van der Waals surface area contributed by atoms with Crippen LogP contribution in [0.25, 0.3) is 38.0 Å². The van der Waals surface area contributed by atoms with E-state index >= 15 is 0 Å². The monoisotopic (exact) mass is 622 g/mol. The van der Waals surface area contributed by atoms with E-state index in [1.54, 1.807) is 24.9 Å². The summed E-state index contributed by atoms with van der Waals surface area (Å²) < 4.78 is 24.8. The van der Waals surface area contributed by atoms with E-state index in [2.05, 4.69) is 21.1 Å². The molecule has 7 aromatic rings. The minimum absolute atomic E-state index is 0.0218. The number of carbonyl (C=O) groups excluding carboxylic acids is 1. The number of hydrogen-bond donors (Lipinski definition) is 0. The molecule has 0 N–H and O–H groups in total. The average Bonchev–Trinajstić information content (AvgIpc) is 3.82. The van der Waals surface area contributed by atoms with Crippen molar-refractivity contribution in [2.24, 2.45) is 0 Å². The molecule has 0 bridgehead atoms. The van der Waals surface area contributed by atoms with Crippen LogP contribution in [-0.2, 0) is 13.0 Å². The highest BCUT2D eigenvalue weighted by atomic mass is 32.1. The predicted octanol–water partition coefficient (Wildman–Crippen LogP) is 7.66. The molecule has 0 atom stereocenters. The number of imidazole rings is 1. The van der Waals surface area contributed by atoms with Crippen molar-refractivity contribution >= 4 is 44.4 Å². The van der Waals surface area contributed by atoms with Gasteiger partial charge < -0.3 is 18.6 Å². The molecule has 0 aliphatic rings. The number of rotatable bonds is 10. The SMILES string of the molecule is COc1cc(OCc2cccc(CC(=O)c3csc(-c4cccc(C)c4)n3)c2)c2cc(-c3cn4nc(OC)sc4n3)oc2c1. The van der Waals surface area contributed by atoms with Gasteiger partial charge in [0.1, 0.15) is 40.1 Å². The number of Topliss-reactive ketones (excluding diaryl/α,β-unsaturated/α-hetero) is 1. The average molecular weight is 623 g/mol. The Kier molecular flexibility index (Phi) is 7.32. The number of ketones is 1. The molecule has 4 aromatic heterocycles. The van der Waals surface area contributed by atoms with Crippen LogP contribution in [0.4, 0.5) is 0 Å². The first kappa shape index (κ1) is 27.8. The van der Waals surface area contributed by atoms with Crippen molar-refractivity contribution in [2.75, 3.05) is 14.2 Å². The summed E-state index contributed by atoms with van der Waals surface area (Å²) in [5.74, 6) is 1.79. The Morgan fingerprint density at radius 1 is 0.977 bits per heavy atom. The van der Waals surface area contributed by atoms with Gasteiger partial charge in [0.05, 0.1) is 25.8 Å². The maximum absolute atomic E-state index is 13.1. The summed E-state index contributed by atoms with van der Waals surface area (Å²) in [6.45, 7) is 2.34. The topological polar surface area (TPSA) is 101 Å². The van der Waals surface area contributed by atoms with Gasteiger partial charge >= 0.3 is 0 Å². The Balaban J connectivity index is 1.08. The van der Waals surface area contributed by atoms with Crippen molar-refractivity contribution in [3.05, 3.63) is 101 Å². The molecule has 9 nitrogen and oxygen atoms in total. The number of benzene rings is 3. The van der Waals surface area contributed by atoms with E-state index in [0.717, 1.165) is 32.6 Å². The van der Waals surface area contributed by atoms with Crippen LogP contribution in [0.2, 0.25) is 0 Å². The molecule has 7 rings (SSSR count). The molecule has 0 unspecified atom stereocenters. The Morgan fingerprint density at radius 3 is 2.66 bits per heavy atom. The normalized spacial score (nSPS) is 11.3. The van der Waals surface area contributed by atoms with E-state index in [1.165, 1.54) is 22.7 Å². The van der Waals surface area contributed by atoms with E-state index in [9.17, 15) is 4.79 Å². The lowest BCUT2D eigenvalue weighted by Gasteiger charge is -2.10. The highest BCUT2D eigenvalue weighted by molar-refractivity contribution is 7.18. The summed E-state index contributed by atoms with van der Waals surface area (Å²) in [5.41, 5.74) is 5.75. The minimum Gasteiger partial charge on any atom is -0.496 e. The van der Waals surface area contributed by atoms with Crippen LogP contribution in [0.5, 0.6) is 16.7 Å². The molecule has 0 radical (unpaired) electrons. The highest BCUT2D eigenvalue weighted by Gasteiger charge is 2.18. The summed E-state index contributed by atoms with van der Waals surface area (Å²) in [5, 5.41) is 8.34. The van der Waals surface area contributed by atoms with Gasteiger partial charge in [-0.05, 0) is 41.5 Å². The highest BCUT2D eigenvalue weighted by Crippen LogP contribution is 2.37. The molecule has 0 aliphatic carbocycles. The summed E-state index contributed by atoms with van der Waals surface area (Å²) in [7, 11) is 3.18. The molecule has 0 spiro atoms. The number of carbonyl (C=O) groups is 1. The van der Waals surface area contributed by atoms with Crippen LogP contribution < -0.4 is 14.2 Å². The first-order valence-electron chi connectivity index (χ1n) is 13.7. The zero-order valence-electron chi connectivity index (χ0n) is 24.1. The van der Waals surface area contributed by atoms with Crippen LogP contribution in [-0.4, -0.2) is 39.6 Å². The van der Waals surface area contributed by atoms with Gasteiger partial charge in [0, 0.05) is 29.5 Å². The maximum Gasteiger partial charge on any atom is 0.294 e. The maximum atomic E-state index is 13.1.